The van der Waals surface area contributed by atoms with E-state index in [-0.39, 0.29) is 0 Å². The van der Waals surface area contributed by atoms with Crippen molar-refractivity contribution in [1.82, 2.24) is 5.32 Å². The van der Waals surface area contributed by atoms with Crippen LogP contribution in [0.2, 0.25) is 5.82 Å². The molecule has 1 N–H and O–H groups in total. The van der Waals surface area contributed by atoms with Gasteiger partial charge in [-0.3, -0.25) is 4.79 Å². The number of carbonyl (C=O) groups excluding carboxylic acids is 1. The first-order chi connectivity index (χ1) is 4.83. The van der Waals surface area contributed by atoms with E-state index in [2.05, 4.69) is 5.32 Å². The summed E-state index contributed by atoms with van der Waals surface area (Å²) in [5, 5.41) is 2.75. The molecule has 0 aliphatic heterocycles. The molecule has 1 aliphatic rings. The van der Waals surface area contributed by atoms with Crippen molar-refractivity contribution in [2.75, 3.05) is 0 Å². The third-order valence-corrected chi connectivity index (χ3v) is 2.02. The van der Waals surface area contributed by atoms with E-state index in [4.69, 9.17) is 7.85 Å². The van der Waals surface area contributed by atoms with Gasteiger partial charge in [-0.2, -0.15) is 0 Å². The van der Waals surface area contributed by atoms with Crippen molar-refractivity contribution in [2.45, 2.75) is 37.5 Å². The molecule has 1 saturated carbocycles. The number of hydrogen-bond donors (Lipinski definition) is 1. The molecule has 0 bridgehead atoms. The first-order valence-corrected chi connectivity index (χ1v) is 3.78. The molecule has 0 spiro atoms. The molecule has 1 amide bonds. The number of hydrogen-bond acceptors (Lipinski definition) is 1. The van der Waals surface area contributed by atoms with E-state index >= 15 is 0 Å². The maximum absolute atomic E-state index is 10.0. The fraction of sp³-hybridized carbons (Fsp3) is 0.857. The van der Waals surface area contributed by atoms with E-state index in [1.54, 1.807) is 0 Å². The van der Waals surface area contributed by atoms with E-state index in [0.29, 0.717) is 11.9 Å². The van der Waals surface area contributed by atoms with Crippen LogP contribution < -0.4 is 5.32 Å². The van der Waals surface area contributed by atoms with Crippen LogP contribution in [-0.4, -0.2) is 20.3 Å². The number of nitrogens with one attached hydrogen (secondary N) is 1. The van der Waals surface area contributed by atoms with Crippen LogP contribution in [0.4, 0.5) is 0 Å². The minimum absolute atomic E-state index is 0.297. The Morgan fingerprint density at radius 1 is 1.50 bits per heavy atom. The van der Waals surface area contributed by atoms with Crippen molar-refractivity contribution < 1.29 is 4.79 Å². The van der Waals surface area contributed by atoms with Crippen molar-refractivity contribution in [3.8, 4) is 0 Å². The van der Waals surface area contributed by atoms with Gasteiger partial charge < -0.3 is 5.32 Å². The highest BCUT2D eigenvalue weighted by Crippen LogP contribution is 2.25. The predicted octanol–water partition coefficient (Wildman–Crippen LogP) is 0.632. The second kappa shape index (κ2) is 3.64. The molecule has 0 heterocycles. The van der Waals surface area contributed by atoms with E-state index in [0.717, 1.165) is 32.1 Å². The van der Waals surface area contributed by atoms with Crippen LogP contribution >= 0.6 is 0 Å². The zero-order valence-corrected chi connectivity index (χ0v) is 6.05. The Morgan fingerprint density at radius 2 is 2.30 bits per heavy atom. The molecule has 10 heavy (non-hydrogen) atoms. The molecule has 0 aromatic heterocycles. The highest BCUT2D eigenvalue weighted by molar-refractivity contribution is 6.11. The van der Waals surface area contributed by atoms with Gasteiger partial charge >= 0.3 is 0 Å². The summed E-state index contributed by atoms with van der Waals surface area (Å²) in [4.78, 5) is 10.0. The Labute approximate surface area is 62.8 Å². The van der Waals surface area contributed by atoms with Gasteiger partial charge in [0.2, 0.25) is 6.41 Å². The van der Waals surface area contributed by atoms with Crippen molar-refractivity contribution in [1.29, 1.82) is 0 Å². The Bertz CT molecular complexity index is 118. The van der Waals surface area contributed by atoms with Gasteiger partial charge in [0, 0.05) is 6.04 Å². The van der Waals surface area contributed by atoms with Gasteiger partial charge in [0.15, 0.2) is 0 Å². The zero-order chi connectivity index (χ0) is 7.40. The minimum atomic E-state index is 0.297. The fourth-order valence-electron chi connectivity index (χ4n) is 1.48. The van der Waals surface area contributed by atoms with Crippen molar-refractivity contribution >= 4 is 14.3 Å². The molecule has 1 aliphatic carbocycles. The third-order valence-electron chi connectivity index (χ3n) is 2.02. The maximum atomic E-state index is 10.0. The van der Waals surface area contributed by atoms with Gasteiger partial charge in [0.25, 0.3) is 0 Å². The van der Waals surface area contributed by atoms with E-state index in [1.807, 2.05) is 0 Å². The molecule has 0 aromatic rings. The van der Waals surface area contributed by atoms with Gasteiger partial charge in [-0.25, -0.2) is 0 Å². The first kappa shape index (κ1) is 7.64. The highest BCUT2D eigenvalue weighted by atomic mass is 16.1. The quantitative estimate of drug-likeness (QED) is 0.439. The second-order valence-electron chi connectivity index (χ2n) is 2.91. The van der Waals surface area contributed by atoms with Crippen LogP contribution in [0.15, 0.2) is 0 Å². The van der Waals surface area contributed by atoms with Gasteiger partial charge in [0.05, 0.1) is 7.85 Å². The molecule has 0 aromatic carbocycles. The zero-order valence-electron chi connectivity index (χ0n) is 6.05. The summed E-state index contributed by atoms with van der Waals surface area (Å²) >= 11 is 0. The average Bonchev–Trinajstić information content (AvgIpc) is 1.88. The molecule has 2 unspecified atom stereocenters. The second-order valence-corrected chi connectivity index (χ2v) is 2.91. The summed E-state index contributed by atoms with van der Waals surface area (Å²) in [6, 6.07) is 0.334. The van der Waals surface area contributed by atoms with Gasteiger partial charge in [-0.05, 0) is 12.8 Å². The molecule has 1 rings (SSSR count). The Morgan fingerprint density at radius 3 is 2.90 bits per heavy atom. The first-order valence-electron chi connectivity index (χ1n) is 3.78. The van der Waals surface area contributed by atoms with Crippen LogP contribution in [0.1, 0.15) is 25.7 Å². The molecular weight excluding hydrogens is 125 g/mol. The SMILES string of the molecule is [B]C1CCCC(NC=O)C1. The normalized spacial score (nSPS) is 33.2. The van der Waals surface area contributed by atoms with Gasteiger partial charge in [-0.15, -0.1) is 0 Å². The molecule has 3 heteroatoms. The molecular formula is C7H12BNO. The summed E-state index contributed by atoms with van der Waals surface area (Å²) in [6.45, 7) is 0. The van der Waals surface area contributed by atoms with Crippen LogP contribution in [0, 0.1) is 0 Å². The lowest BCUT2D eigenvalue weighted by atomic mass is 9.74. The van der Waals surface area contributed by atoms with E-state index in [9.17, 15) is 4.79 Å². The smallest absolute Gasteiger partial charge is 0.207 e. The standard InChI is InChI=1S/C7H12BNO/c8-6-2-1-3-7(4-6)9-5-10/h5-7H,1-4H2,(H,9,10). The predicted molar refractivity (Wildman–Crippen MR) is 41.0 cm³/mol. The van der Waals surface area contributed by atoms with Gasteiger partial charge in [0.1, 0.15) is 0 Å². The van der Waals surface area contributed by atoms with Crippen molar-refractivity contribution in [2.24, 2.45) is 0 Å². The van der Waals surface area contributed by atoms with Crippen LogP contribution in [0.25, 0.3) is 0 Å². The Kier molecular flexibility index (Phi) is 2.78. The van der Waals surface area contributed by atoms with Crippen LogP contribution in [0.5, 0.6) is 0 Å². The highest BCUT2D eigenvalue weighted by Gasteiger charge is 2.16. The molecule has 0 saturated heterocycles. The summed E-state index contributed by atoms with van der Waals surface area (Å²) < 4.78 is 0. The molecule has 2 atom stereocenters. The van der Waals surface area contributed by atoms with Crippen LogP contribution in [0.3, 0.4) is 0 Å². The summed E-state index contributed by atoms with van der Waals surface area (Å²) in [5.74, 6) is 0.297. The monoisotopic (exact) mass is 137 g/mol. The van der Waals surface area contributed by atoms with E-state index < -0.39 is 0 Å². The molecule has 1 fully saturated rings. The van der Waals surface area contributed by atoms with Gasteiger partial charge in [-0.1, -0.05) is 18.7 Å². The lowest BCUT2D eigenvalue weighted by molar-refractivity contribution is -0.110. The Hall–Kier alpha value is -0.465. The number of carbonyl (C=O) groups is 1. The molecule has 2 nitrogen and oxygen atoms in total. The van der Waals surface area contributed by atoms with E-state index in [1.165, 1.54) is 0 Å². The Balaban J connectivity index is 2.24. The number of rotatable bonds is 2. The molecule has 2 radical (unpaired) electrons. The average molecular weight is 137 g/mol. The lowest BCUT2D eigenvalue weighted by Gasteiger charge is -2.26. The third kappa shape index (κ3) is 2.05. The maximum Gasteiger partial charge on any atom is 0.207 e. The lowest BCUT2D eigenvalue weighted by Crippen LogP contribution is -2.31. The molecule has 54 valence electrons. The number of amides is 1. The minimum Gasteiger partial charge on any atom is -0.356 e. The topological polar surface area (TPSA) is 29.1 Å². The summed E-state index contributed by atoms with van der Waals surface area (Å²) in [6.07, 6.45) is 5.05. The largest absolute Gasteiger partial charge is 0.356 e. The van der Waals surface area contributed by atoms with Crippen LogP contribution in [-0.2, 0) is 4.79 Å². The summed E-state index contributed by atoms with van der Waals surface area (Å²) in [5.41, 5.74) is 0. The summed E-state index contributed by atoms with van der Waals surface area (Å²) in [7, 11) is 5.70. The fourth-order valence-corrected chi connectivity index (χ4v) is 1.48. The van der Waals surface area contributed by atoms with Crippen molar-refractivity contribution in [3.63, 3.8) is 0 Å². The van der Waals surface area contributed by atoms with Crippen molar-refractivity contribution in [3.05, 3.63) is 0 Å².